The third kappa shape index (κ3) is 2.46. The lowest BCUT2D eigenvalue weighted by atomic mass is 9.85. The van der Waals surface area contributed by atoms with Gasteiger partial charge < -0.3 is 10.0 Å². The van der Waals surface area contributed by atoms with Gasteiger partial charge >= 0.3 is 0 Å². The number of nitrogens with zero attached hydrogens (tertiary/aromatic N) is 1. The summed E-state index contributed by atoms with van der Waals surface area (Å²) in [7, 11) is 2.10. The summed E-state index contributed by atoms with van der Waals surface area (Å²) in [6.45, 7) is 3.52. The second-order valence-electron chi connectivity index (χ2n) is 3.77. The van der Waals surface area contributed by atoms with Gasteiger partial charge in [0.1, 0.15) is 0 Å². The summed E-state index contributed by atoms with van der Waals surface area (Å²) < 4.78 is 0. The molecule has 0 spiro atoms. The van der Waals surface area contributed by atoms with Crippen molar-refractivity contribution < 1.29 is 5.11 Å². The van der Waals surface area contributed by atoms with Crippen molar-refractivity contribution in [3.05, 3.63) is 0 Å². The predicted molar refractivity (Wildman–Crippen MR) is 46.5 cm³/mol. The van der Waals surface area contributed by atoms with E-state index in [-0.39, 0.29) is 6.61 Å². The lowest BCUT2D eigenvalue weighted by Gasteiger charge is -2.32. The Bertz CT molecular complexity index is 112. The summed E-state index contributed by atoms with van der Waals surface area (Å²) in [5, 5.41) is 8.87. The van der Waals surface area contributed by atoms with Crippen LogP contribution in [0, 0.1) is 5.92 Å². The first-order valence-electron chi connectivity index (χ1n) is 4.55. The predicted octanol–water partition coefficient (Wildman–Crippen LogP) is 1.10. The van der Waals surface area contributed by atoms with E-state index in [4.69, 9.17) is 5.11 Å². The molecule has 1 unspecified atom stereocenters. The molecule has 0 aromatic carbocycles. The molecule has 0 aliphatic heterocycles. The zero-order chi connectivity index (χ0) is 8.27. The van der Waals surface area contributed by atoms with Crippen molar-refractivity contribution in [2.45, 2.75) is 32.2 Å². The molecule has 1 fully saturated rings. The highest BCUT2D eigenvalue weighted by molar-refractivity contribution is 4.74. The molecular weight excluding hydrogens is 138 g/mol. The van der Waals surface area contributed by atoms with E-state index in [0.29, 0.717) is 6.04 Å². The molecule has 0 radical (unpaired) electrons. The second-order valence-corrected chi connectivity index (χ2v) is 3.77. The molecule has 1 atom stereocenters. The van der Waals surface area contributed by atoms with Crippen LogP contribution in [0.25, 0.3) is 0 Å². The monoisotopic (exact) mass is 157 g/mol. The van der Waals surface area contributed by atoms with Gasteiger partial charge in [-0.2, -0.15) is 0 Å². The molecule has 1 rings (SSSR count). The molecule has 0 amide bonds. The van der Waals surface area contributed by atoms with E-state index in [1.165, 1.54) is 25.8 Å². The van der Waals surface area contributed by atoms with Gasteiger partial charge in [-0.1, -0.05) is 6.42 Å². The highest BCUT2D eigenvalue weighted by Gasteiger charge is 2.20. The van der Waals surface area contributed by atoms with Crippen LogP contribution in [0.4, 0.5) is 0 Å². The lowest BCUT2D eigenvalue weighted by Crippen LogP contribution is -2.37. The highest BCUT2D eigenvalue weighted by atomic mass is 16.3. The molecule has 1 saturated carbocycles. The van der Waals surface area contributed by atoms with Crippen molar-refractivity contribution in [1.82, 2.24) is 4.90 Å². The minimum absolute atomic E-state index is 0.281. The van der Waals surface area contributed by atoms with Gasteiger partial charge in [0.2, 0.25) is 0 Å². The van der Waals surface area contributed by atoms with E-state index in [1.54, 1.807) is 0 Å². The second kappa shape index (κ2) is 4.07. The number of aliphatic hydroxyl groups excluding tert-OH is 1. The zero-order valence-corrected chi connectivity index (χ0v) is 7.58. The summed E-state index contributed by atoms with van der Waals surface area (Å²) >= 11 is 0. The average Bonchev–Trinajstić information content (AvgIpc) is 1.94. The third-order valence-corrected chi connectivity index (χ3v) is 2.79. The van der Waals surface area contributed by atoms with E-state index in [2.05, 4.69) is 18.9 Å². The van der Waals surface area contributed by atoms with Gasteiger partial charge in [0.25, 0.3) is 0 Å². The fourth-order valence-corrected chi connectivity index (χ4v) is 1.40. The van der Waals surface area contributed by atoms with E-state index in [1.807, 2.05) is 0 Å². The Labute approximate surface area is 69.2 Å². The lowest BCUT2D eigenvalue weighted by molar-refractivity contribution is 0.121. The Balaban J connectivity index is 2.13. The van der Waals surface area contributed by atoms with Crippen LogP contribution in [0.1, 0.15) is 26.2 Å². The molecule has 2 heteroatoms. The largest absolute Gasteiger partial charge is 0.395 e. The Kier molecular flexibility index (Phi) is 3.34. The first kappa shape index (κ1) is 9.01. The third-order valence-electron chi connectivity index (χ3n) is 2.79. The van der Waals surface area contributed by atoms with Gasteiger partial charge in [-0.3, -0.25) is 0 Å². The number of likely N-dealkylation sites (N-methyl/N-ethyl adjacent to an activating group) is 1. The molecule has 0 bridgehead atoms. The summed E-state index contributed by atoms with van der Waals surface area (Å²) in [4.78, 5) is 2.25. The molecule has 1 aliphatic carbocycles. The van der Waals surface area contributed by atoms with Crippen LogP contribution in [0.15, 0.2) is 0 Å². The molecule has 0 saturated heterocycles. The van der Waals surface area contributed by atoms with Crippen molar-refractivity contribution in [3.8, 4) is 0 Å². The Morgan fingerprint density at radius 3 is 2.55 bits per heavy atom. The van der Waals surface area contributed by atoms with Gasteiger partial charge in [-0.05, 0) is 32.7 Å². The number of hydrogen-bond donors (Lipinski definition) is 1. The minimum atomic E-state index is 0.281. The van der Waals surface area contributed by atoms with Crippen LogP contribution >= 0.6 is 0 Å². The quantitative estimate of drug-likeness (QED) is 0.660. The van der Waals surface area contributed by atoms with Crippen molar-refractivity contribution in [3.63, 3.8) is 0 Å². The first-order valence-corrected chi connectivity index (χ1v) is 4.55. The normalized spacial score (nSPS) is 21.8. The van der Waals surface area contributed by atoms with E-state index >= 15 is 0 Å². The molecule has 1 aliphatic rings. The van der Waals surface area contributed by atoms with Crippen molar-refractivity contribution >= 4 is 0 Å². The molecule has 11 heavy (non-hydrogen) atoms. The smallest absolute Gasteiger partial charge is 0.0584 e. The van der Waals surface area contributed by atoms with E-state index in [0.717, 1.165) is 5.92 Å². The van der Waals surface area contributed by atoms with Gasteiger partial charge in [0.15, 0.2) is 0 Å². The molecule has 0 aromatic heterocycles. The molecular formula is C9H19NO. The standard InChI is InChI=1S/C9H19NO/c1-8(7-11)10(2)6-9-4-3-5-9/h8-9,11H,3-7H2,1-2H3. The maximum atomic E-state index is 8.87. The Morgan fingerprint density at radius 2 is 2.18 bits per heavy atom. The van der Waals surface area contributed by atoms with Gasteiger partial charge in [0.05, 0.1) is 6.61 Å². The molecule has 0 heterocycles. The Hall–Kier alpha value is -0.0800. The number of aliphatic hydroxyl groups is 1. The molecule has 2 nitrogen and oxygen atoms in total. The minimum Gasteiger partial charge on any atom is -0.395 e. The van der Waals surface area contributed by atoms with Crippen molar-refractivity contribution in [2.75, 3.05) is 20.2 Å². The zero-order valence-electron chi connectivity index (χ0n) is 7.58. The van der Waals surface area contributed by atoms with Crippen LogP contribution in [-0.2, 0) is 0 Å². The SMILES string of the molecule is CC(CO)N(C)CC1CCC1. The number of rotatable bonds is 4. The topological polar surface area (TPSA) is 23.5 Å². The fraction of sp³-hybridized carbons (Fsp3) is 1.00. The van der Waals surface area contributed by atoms with Gasteiger partial charge in [-0.25, -0.2) is 0 Å². The van der Waals surface area contributed by atoms with Crippen LogP contribution < -0.4 is 0 Å². The van der Waals surface area contributed by atoms with E-state index in [9.17, 15) is 0 Å². The average molecular weight is 157 g/mol. The first-order chi connectivity index (χ1) is 5.24. The fourth-order valence-electron chi connectivity index (χ4n) is 1.40. The van der Waals surface area contributed by atoms with Crippen LogP contribution in [0.5, 0.6) is 0 Å². The Morgan fingerprint density at radius 1 is 1.55 bits per heavy atom. The summed E-state index contributed by atoms with van der Waals surface area (Å²) in [6, 6.07) is 0.329. The van der Waals surface area contributed by atoms with Crippen molar-refractivity contribution in [2.24, 2.45) is 5.92 Å². The van der Waals surface area contributed by atoms with Gasteiger partial charge in [-0.15, -0.1) is 0 Å². The summed E-state index contributed by atoms with van der Waals surface area (Å²) in [5.41, 5.74) is 0. The molecule has 1 N–H and O–H groups in total. The maximum absolute atomic E-state index is 8.87. The van der Waals surface area contributed by atoms with Crippen LogP contribution in [0.3, 0.4) is 0 Å². The van der Waals surface area contributed by atoms with Crippen LogP contribution in [-0.4, -0.2) is 36.2 Å². The summed E-state index contributed by atoms with van der Waals surface area (Å²) in [6.07, 6.45) is 4.19. The van der Waals surface area contributed by atoms with Crippen molar-refractivity contribution in [1.29, 1.82) is 0 Å². The maximum Gasteiger partial charge on any atom is 0.0584 e. The van der Waals surface area contributed by atoms with E-state index < -0.39 is 0 Å². The number of hydrogen-bond acceptors (Lipinski definition) is 2. The molecule has 0 aromatic rings. The van der Waals surface area contributed by atoms with Crippen LogP contribution in [0.2, 0.25) is 0 Å². The molecule has 66 valence electrons. The highest BCUT2D eigenvalue weighted by Crippen LogP contribution is 2.26. The summed E-state index contributed by atoms with van der Waals surface area (Å²) in [5.74, 6) is 0.911. The van der Waals surface area contributed by atoms with Gasteiger partial charge in [0, 0.05) is 12.6 Å².